The molecule has 1 aliphatic rings. The largest absolute Gasteiger partial charge is 0.291 e. The molecule has 0 aromatic heterocycles. The Labute approximate surface area is 111 Å². The lowest BCUT2D eigenvalue weighted by atomic mass is 9.88. The zero-order valence-electron chi connectivity index (χ0n) is 7.64. The van der Waals surface area contributed by atoms with E-state index in [1.807, 2.05) is 0 Å². The Morgan fingerprint density at radius 2 is 1.06 bits per heavy atom. The minimum absolute atomic E-state index is 0.134. The Hall–Kier alpha value is -0.280. The number of carbonyl (C=O) groups is 2. The van der Waals surface area contributed by atoms with Crippen LogP contribution in [0, 0.1) is 0 Å². The molecule has 0 fully saturated rings. The van der Waals surface area contributed by atoms with Crippen LogP contribution in [0.2, 0.25) is 0 Å². The first-order valence-corrected chi connectivity index (χ1v) is 5.75. The van der Waals surface area contributed by atoms with Gasteiger partial charge in [0.15, 0.2) is 0 Å². The van der Waals surface area contributed by atoms with Gasteiger partial charge in [0, 0.05) is 11.1 Å². The molecule has 0 saturated carbocycles. The second-order valence-electron chi connectivity index (χ2n) is 3.35. The number of benzene rings is 1. The number of hydrogen-bond acceptors (Lipinski definition) is 2. The van der Waals surface area contributed by atoms with E-state index in [9.17, 15) is 9.59 Å². The summed E-state index contributed by atoms with van der Waals surface area (Å²) < 4.78 is -4.33. The number of Topliss-reactive ketones (excluding diaryl/α,β-unsaturated/α-hetero) is 2. The molecule has 2 nitrogen and oxygen atoms in total. The molecule has 0 unspecified atom stereocenters. The van der Waals surface area contributed by atoms with E-state index in [0.29, 0.717) is 0 Å². The summed E-state index contributed by atoms with van der Waals surface area (Å²) >= 11 is 23.1. The van der Waals surface area contributed by atoms with Crippen LogP contribution in [0.4, 0.5) is 0 Å². The SMILES string of the molecule is O=C1c2ccccc2C(=O)C(Cl)(Cl)C1(Cl)Cl. The third-order valence-electron chi connectivity index (χ3n) is 2.38. The molecule has 84 valence electrons. The van der Waals surface area contributed by atoms with Gasteiger partial charge in [-0.15, -0.1) is 0 Å². The van der Waals surface area contributed by atoms with E-state index in [2.05, 4.69) is 0 Å². The van der Waals surface area contributed by atoms with Gasteiger partial charge in [0.25, 0.3) is 0 Å². The van der Waals surface area contributed by atoms with Crippen LogP contribution in [-0.4, -0.2) is 20.2 Å². The summed E-state index contributed by atoms with van der Waals surface area (Å²) in [5.41, 5.74) is 0.267. The van der Waals surface area contributed by atoms with Crippen LogP contribution in [0.1, 0.15) is 20.7 Å². The van der Waals surface area contributed by atoms with E-state index < -0.39 is 20.2 Å². The lowest BCUT2D eigenvalue weighted by Crippen LogP contribution is -2.53. The van der Waals surface area contributed by atoms with Crippen LogP contribution in [0.15, 0.2) is 24.3 Å². The van der Waals surface area contributed by atoms with E-state index in [1.165, 1.54) is 12.1 Å². The Balaban J connectivity index is 2.76. The number of fused-ring (bicyclic) bond motifs is 1. The zero-order valence-corrected chi connectivity index (χ0v) is 10.7. The number of hydrogen-bond donors (Lipinski definition) is 0. The molecule has 1 aromatic carbocycles. The summed E-state index contributed by atoms with van der Waals surface area (Å²) in [6.07, 6.45) is 0. The minimum Gasteiger partial charge on any atom is -0.291 e. The average Bonchev–Trinajstić information content (AvgIpc) is 2.25. The fourth-order valence-electron chi connectivity index (χ4n) is 1.50. The van der Waals surface area contributed by atoms with Gasteiger partial charge >= 0.3 is 0 Å². The van der Waals surface area contributed by atoms with Crippen molar-refractivity contribution >= 4 is 58.0 Å². The molecule has 0 bridgehead atoms. The second-order valence-corrected chi connectivity index (χ2v) is 6.01. The summed E-state index contributed by atoms with van der Waals surface area (Å²) in [6, 6.07) is 6.11. The van der Waals surface area contributed by atoms with Gasteiger partial charge in [0.1, 0.15) is 0 Å². The highest BCUT2D eigenvalue weighted by Gasteiger charge is 2.61. The Bertz CT molecular complexity index is 448. The van der Waals surface area contributed by atoms with Gasteiger partial charge in [0.05, 0.1) is 0 Å². The molecule has 0 atom stereocenters. The summed E-state index contributed by atoms with van der Waals surface area (Å²) in [6.45, 7) is 0. The van der Waals surface area contributed by atoms with Crippen molar-refractivity contribution in [1.29, 1.82) is 0 Å². The fraction of sp³-hybridized carbons (Fsp3) is 0.200. The van der Waals surface area contributed by atoms with Crippen molar-refractivity contribution in [3.05, 3.63) is 35.4 Å². The lowest BCUT2D eigenvalue weighted by molar-refractivity contribution is 0.0869. The van der Waals surface area contributed by atoms with Gasteiger partial charge in [-0.1, -0.05) is 70.7 Å². The van der Waals surface area contributed by atoms with Gasteiger partial charge in [-0.05, 0) is 0 Å². The molecule has 1 aliphatic carbocycles. The van der Waals surface area contributed by atoms with Gasteiger partial charge in [-0.25, -0.2) is 0 Å². The maximum absolute atomic E-state index is 11.9. The molecule has 1 aromatic rings. The maximum atomic E-state index is 11.9. The van der Waals surface area contributed by atoms with Crippen LogP contribution in [0.3, 0.4) is 0 Å². The Morgan fingerprint density at radius 1 is 0.750 bits per heavy atom. The molecular formula is C10H4Cl4O2. The molecule has 6 heteroatoms. The summed E-state index contributed by atoms with van der Waals surface area (Å²) in [5, 5.41) is 0. The van der Waals surface area contributed by atoms with E-state index >= 15 is 0 Å². The Morgan fingerprint density at radius 3 is 1.38 bits per heavy atom. The highest BCUT2D eigenvalue weighted by molar-refractivity contribution is 6.77. The van der Waals surface area contributed by atoms with Crippen molar-refractivity contribution < 1.29 is 9.59 Å². The molecule has 0 amide bonds. The van der Waals surface area contributed by atoms with Crippen LogP contribution >= 0.6 is 46.4 Å². The van der Waals surface area contributed by atoms with E-state index in [-0.39, 0.29) is 11.1 Å². The zero-order chi connectivity index (χ0) is 12.1. The van der Waals surface area contributed by atoms with Crippen molar-refractivity contribution in [1.82, 2.24) is 0 Å². The lowest BCUT2D eigenvalue weighted by Gasteiger charge is -2.34. The second kappa shape index (κ2) is 3.61. The van der Waals surface area contributed by atoms with Gasteiger partial charge in [0.2, 0.25) is 20.2 Å². The van der Waals surface area contributed by atoms with Crippen molar-refractivity contribution in [2.45, 2.75) is 8.67 Å². The van der Waals surface area contributed by atoms with E-state index in [0.717, 1.165) is 0 Å². The molecule has 0 saturated heterocycles. The topological polar surface area (TPSA) is 34.1 Å². The molecule has 0 N–H and O–H groups in total. The molecule has 0 heterocycles. The van der Waals surface area contributed by atoms with Crippen molar-refractivity contribution in [2.24, 2.45) is 0 Å². The number of ketones is 2. The maximum Gasteiger partial charge on any atom is 0.220 e. The first-order valence-electron chi connectivity index (χ1n) is 4.24. The molecule has 0 radical (unpaired) electrons. The van der Waals surface area contributed by atoms with E-state index in [1.54, 1.807) is 12.1 Å². The van der Waals surface area contributed by atoms with Crippen LogP contribution in [0.5, 0.6) is 0 Å². The Kier molecular flexibility index (Phi) is 2.75. The van der Waals surface area contributed by atoms with Gasteiger partial charge in [-0.3, -0.25) is 9.59 Å². The van der Waals surface area contributed by atoms with Crippen LogP contribution < -0.4 is 0 Å². The number of alkyl halides is 4. The summed E-state index contributed by atoms with van der Waals surface area (Å²) in [7, 11) is 0. The number of carbonyl (C=O) groups excluding carboxylic acids is 2. The number of rotatable bonds is 0. The van der Waals surface area contributed by atoms with E-state index in [4.69, 9.17) is 46.4 Å². The van der Waals surface area contributed by atoms with Crippen molar-refractivity contribution in [3.63, 3.8) is 0 Å². The fourth-order valence-corrected chi connectivity index (χ4v) is 2.25. The first-order chi connectivity index (χ1) is 7.30. The summed E-state index contributed by atoms with van der Waals surface area (Å²) in [4.78, 5) is 23.8. The molecule has 16 heavy (non-hydrogen) atoms. The highest BCUT2D eigenvalue weighted by Crippen LogP contribution is 2.50. The van der Waals surface area contributed by atoms with Gasteiger partial charge in [-0.2, -0.15) is 0 Å². The molecular weight excluding hydrogens is 294 g/mol. The first kappa shape index (κ1) is 12.2. The molecule has 2 rings (SSSR count). The normalized spacial score (nSPS) is 21.8. The minimum atomic E-state index is -2.17. The van der Waals surface area contributed by atoms with Crippen LogP contribution in [-0.2, 0) is 0 Å². The average molecular weight is 298 g/mol. The quantitative estimate of drug-likeness (QED) is 0.688. The van der Waals surface area contributed by atoms with Crippen molar-refractivity contribution in [3.8, 4) is 0 Å². The van der Waals surface area contributed by atoms with Gasteiger partial charge < -0.3 is 0 Å². The number of halogens is 4. The highest BCUT2D eigenvalue weighted by atomic mass is 35.5. The summed E-state index contributed by atoms with van der Waals surface area (Å²) in [5.74, 6) is -1.34. The third kappa shape index (κ3) is 1.41. The standard InChI is InChI=1S/C10H4Cl4O2/c11-9(12)7(15)5-3-1-2-4-6(5)8(16)10(9,13)14/h1-4H. The van der Waals surface area contributed by atoms with Crippen molar-refractivity contribution in [2.75, 3.05) is 0 Å². The smallest absolute Gasteiger partial charge is 0.220 e. The third-order valence-corrected chi connectivity index (χ3v) is 4.59. The monoisotopic (exact) mass is 296 g/mol. The predicted molar refractivity (Wildman–Crippen MR) is 64.0 cm³/mol. The van der Waals surface area contributed by atoms with Crippen LogP contribution in [0.25, 0.3) is 0 Å². The predicted octanol–water partition coefficient (Wildman–Crippen LogP) is 3.41. The molecule has 0 aliphatic heterocycles. The molecule has 0 spiro atoms.